The van der Waals surface area contributed by atoms with Crippen LogP contribution >= 0.6 is 0 Å². The fourth-order valence-corrected chi connectivity index (χ4v) is 5.32. The van der Waals surface area contributed by atoms with Gasteiger partial charge in [0.2, 0.25) is 5.82 Å². The lowest BCUT2D eigenvalue weighted by molar-refractivity contribution is -0.0531. The van der Waals surface area contributed by atoms with Crippen LogP contribution in [0.3, 0.4) is 0 Å². The third-order valence-corrected chi connectivity index (χ3v) is 7.81. The van der Waals surface area contributed by atoms with Crippen LogP contribution in [0.1, 0.15) is 51.7 Å². The number of hydrogen-bond acceptors (Lipinski definition) is 6. The van der Waals surface area contributed by atoms with E-state index < -0.39 is 49.9 Å². The van der Waals surface area contributed by atoms with E-state index in [2.05, 4.69) is 20.0 Å². The SMILES string of the molecule is CCCCCCCC[Si](C)(C)OC[C@H]1O[C@@H](n2cc(F)c(=O)[nH]c2=O)[C@H](O)[C@@H]1O. The van der Waals surface area contributed by atoms with Crippen molar-refractivity contribution in [2.45, 2.75) is 89.1 Å². The number of aliphatic hydroxyl groups is 2. The zero-order chi connectivity index (χ0) is 21.6. The van der Waals surface area contributed by atoms with E-state index in [0.717, 1.165) is 17.0 Å². The molecule has 0 unspecified atom stereocenters. The molecule has 0 bridgehead atoms. The minimum Gasteiger partial charge on any atom is -0.415 e. The lowest BCUT2D eigenvalue weighted by Gasteiger charge is -2.25. The van der Waals surface area contributed by atoms with E-state index in [9.17, 15) is 24.2 Å². The summed E-state index contributed by atoms with van der Waals surface area (Å²) >= 11 is 0. The van der Waals surface area contributed by atoms with Gasteiger partial charge in [-0.2, -0.15) is 4.39 Å². The highest BCUT2D eigenvalue weighted by atomic mass is 28.4. The number of H-pyrrole nitrogens is 1. The van der Waals surface area contributed by atoms with Crippen LogP contribution < -0.4 is 11.2 Å². The van der Waals surface area contributed by atoms with E-state index in [-0.39, 0.29) is 6.61 Å². The molecule has 0 aromatic carbocycles. The highest BCUT2D eigenvalue weighted by molar-refractivity contribution is 6.71. The van der Waals surface area contributed by atoms with Gasteiger partial charge in [0, 0.05) is 0 Å². The van der Waals surface area contributed by atoms with Crippen molar-refractivity contribution < 1.29 is 23.8 Å². The molecule has 0 amide bonds. The minimum absolute atomic E-state index is 0.0738. The molecule has 0 radical (unpaired) electrons. The number of aromatic amines is 1. The van der Waals surface area contributed by atoms with Crippen molar-refractivity contribution >= 4 is 8.32 Å². The van der Waals surface area contributed by atoms with Crippen LogP contribution in [0.15, 0.2) is 15.8 Å². The molecule has 1 aliphatic rings. The molecule has 0 aliphatic carbocycles. The van der Waals surface area contributed by atoms with E-state index >= 15 is 0 Å². The molecule has 1 aromatic heterocycles. The predicted molar refractivity (Wildman–Crippen MR) is 109 cm³/mol. The Balaban J connectivity index is 1.89. The van der Waals surface area contributed by atoms with Gasteiger partial charge < -0.3 is 19.4 Å². The second-order valence-corrected chi connectivity index (χ2v) is 12.6. The number of rotatable bonds is 11. The molecule has 1 saturated heterocycles. The molecule has 2 rings (SSSR count). The number of hydrogen-bond donors (Lipinski definition) is 3. The van der Waals surface area contributed by atoms with E-state index in [1.165, 1.54) is 32.1 Å². The van der Waals surface area contributed by atoms with Gasteiger partial charge in [-0.1, -0.05) is 45.4 Å². The standard InChI is InChI=1S/C19H33FN2O6Si/c1-4-5-6-7-8-9-10-29(2,3)27-12-14-15(23)16(24)18(28-14)22-11-13(20)17(25)21-19(22)26/h11,14-16,18,23-24H,4-10,12H2,1-3H3,(H,21,25,26)/t14-,15-,16-,18-/m1/s1. The van der Waals surface area contributed by atoms with Gasteiger partial charge in [0.05, 0.1) is 12.8 Å². The number of halogens is 1. The summed E-state index contributed by atoms with van der Waals surface area (Å²) in [6, 6.07) is 0.985. The average Bonchev–Trinajstić information content (AvgIpc) is 2.94. The fourth-order valence-electron chi connectivity index (χ4n) is 3.46. The smallest absolute Gasteiger partial charge is 0.330 e. The van der Waals surface area contributed by atoms with Crippen molar-refractivity contribution in [2.75, 3.05) is 6.61 Å². The number of ether oxygens (including phenoxy) is 1. The summed E-state index contributed by atoms with van der Waals surface area (Å²) in [6.07, 6.45) is 3.00. The molecule has 3 N–H and O–H groups in total. The molecule has 4 atom stereocenters. The van der Waals surface area contributed by atoms with Gasteiger partial charge in [-0.15, -0.1) is 0 Å². The summed E-state index contributed by atoms with van der Waals surface area (Å²) in [4.78, 5) is 24.9. The van der Waals surface area contributed by atoms with E-state index in [0.29, 0.717) is 6.20 Å². The van der Waals surface area contributed by atoms with Gasteiger partial charge in [-0.05, 0) is 19.1 Å². The number of aliphatic hydroxyl groups excluding tert-OH is 2. The van der Waals surface area contributed by atoms with Crippen LogP contribution in [0.2, 0.25) is 19.1 Å². The molecule has 29 heavy (non-hydrogen) atoms. The third kappa shape index (κ3) is 6.58. The number of nitrogens with zero attached hydrogens (tertiary/aromatic N) is 1. The highest BCUT2D eigenvalue weighted by Crippen LogP contribution is 2.29. The van der Waals surface area contributed by atoms with Crippen molar-refractivity contribution in [1.29, 1.82) is 0 Å². The monoisotopic (exact) mass is 432 g/mol. The van der Waals surface area contributed by atoms with Gasteiger partial charge in [-0.25, -0.2) is 4.79 Å². The molecular formula is C19H33FN2O6Si. The topological polar surface area (TPSA) is 114 Å². The summed E-state index contributed by atoms with van der Waals surface area (Å²) in [7, 11) is -1.97. The Morgan fingerprint density at radius 2 is 1.83 bits per heavy atom. The average molecular weight is 433 g/mol. The predicted octanol–water partition coefficient (Wildman–Crippen LogP) is 1.88. The molecular weight excluding hydrogens is 399 g/mol. The fraction of sp³-hybridized carbons (Fsp3) is 0.789. The molecule has 10 heteroatoms. The maximum atomic E-state index is 13.5. The number of unbranched alkanes of at least 4 members (excludes halogenated alkanes) is 5. The normalized spacial score (nSPS) is 24.9. The molecule has 1 aromatic rings. The Hall–Kier alpha value is -1.33. The van der Waals surface area contributed by atoms with Gasteiger partial charge in [0.15, 0.2) is 14.5 Å². The third-order valence-electron chi connectivity index (χ3n) is 5.31. The van der Waals surface area contributed by atoms with E-state index in [4.69, 9.17) is 9.16 Å². The van der Waals surface area contributed by atoms with Crippen molar-refractivity contribution in [3.63, 3.8) is 0 Å². The van der Waals surface area contributed by atoms with E-state index in [1.807, 2.05) is 4.98 Å². The maximum absolute atomic E-state index is 13.5. The Morgan fingerprint density at radius 3 is 2.52 bits per heavy atom. The minimum atomic E-state index is -1.97. The second kappa shape index (κ2) is 10.6. The largest absolute Gasteiger partial charge is 0.415 e. The molecule has 166 valence electrons. The molecule has 1 aliphatic heterocycles. The van der Waals surface area contributed by atoms with Crippen LogP contribution in [0.4, 0.5) is 4.39 Å². The van der Waals surface area contributed by atoms with Crippen LogP contribution in [-0.4, -0.2) is 53.0 Å². The first-order valence-corrected chi connectivity index (χ1v) is 13.4. The van der Waals surface area contributed by atoms with Crippen molar-refractivity contribution in [3.05, 3.63) is 32.9 Å². The summed E-state index contributed by atoms with van der Waals surface area (Å²) in [5, 5.41) is 20.5. The van der Waals surface area contributed by atoms with Gasteiger partial charge in [0.1, 0.15) is 18.3 Å². The van der Waals surface area contributed by atoms with Crippen LogP contribution in [0, 0.1) is 5.82 Å². The Morgan fingerprint density at radius 1 is 1.17 bits per heavy atom. The van der Waals surface area contributed by atoms with Crippen molar-refractivity contribution in [3.8, 4) is 0 Å². The Kier molecular flexibility index (Phi) is 8.77. The van der Waals surface area contributed by atoms with Gasteiger partial charge >= 0.3 is 5.69 Å². The number of nitrogens with one attached hydrogen (secondary N) is 1. The summed E-state index contributed by atoms with van der Waals surface area (Å²) in [5.41, 5.74) is -2.08. The Bertz CT molecular complexity index is 768. The van der Waals surface area contributed by atoms with E-state index in [1.54, 1.807) is 0 Å². The van der Waals surface area contributed by atoms with Crippen LogP contribution in [0.5, 0.6) is 0 Å². The lowest BCUT2D eigenvalue weighted by Crippen LogP contribution is -2.39. The lowest BCUT2D eigenvalue weighted by atomic mass is 10.1. The zero-order valence-corrected chi connectivity index (χ0v) is 18.4. The first-order chi connectivity index (χ1) is 13.7. The summed E-state index contributed by atoms with van der Waals surface area (Å²) in [6.45, 7) is 6.45. The van der Waals surface area contributed by atoms with Gasteiger partial charge in [0.25, 0.3) is 5.56 Å². The number of aromatic nitrogens is 2. The molecule has 0 saturated carbocycles. The first kappa shape index (κ1) is 23.9. The summed E-state index contributed by atoms with van der Waals surface area (Å²) < 4.78 is 25.9. The van der Waals surface area contributed by atoms with Crippen LogP contribution in [0.25, 0.3) is 0 Å². The molecule has 2 heterocycles. The highest BCUT2D eigenvalue weighted by Gasteiger charge is 2.45. The van der Waals surface area contributed by atoms with Crippen molar-refractivity contribution in [2.24, 2.45) is 0 Å². The molecule has 1 fully saturated rings. The van der Waals surface area contributed by atoms with Crippen molar-refractivity contribution in [1.82, 2.24) is 9.55 Å². The molecule has 8 nitrogen and oxygen atoms in total. The maximum Gasteiger partial charge on any atom is 0.330 e. The van der Waals surface area contributed by atoms with Gasteiger partial charge in [-0.3, -0.25) is 14.3 Å². The summed E-state index contributed by atoms with van der Waals surface area (Å²) in [5.74, 6) is -1.18. The second-order valence-electron chi connectivity index (χ2n) is 8.28. The Labute approximate surface area is 170 Å². The first-order valence-electron chi connectivity index (χ1n) is 10.3. The zero-order valence-electron chi connectivity index (χ0n) is 17.4. The quantitative estimate of drug-likeness (QED) is 0.363. The van der Waals surface area contributed by atoms with Crippen LogP contribution in [-0.2, 0) is 9.16 Å². The molecule has 0 spiro atoms.